The van der Waals surface area contributed by atoms with Crippen LogP contribution in [-0.2, 0) is 0 Å². The number of nitrogens with zero attached hydrogens (tertiary/aromatic N) is 2. The molecular formula is C27H17N3O2S. The molecule has 0 fully saturated rings. The molecule has 2 heterocycles. The third kappa shape index (κ3) is 4.31. The van der Waals surface area contributed by atoms with E-state index in [-0.39, 0.29) is 0 Å². The topological polar surface area (TPSA) is 75.0 Å². The first-order chi connectivity index (χ1) is 16.2. The number of hydrogen-bond acceptors (Lipinski definition) is 6. The highest BCUT2D eigenvalue weighted by Gasteiger charge is 2.14. The van der Waals surface area contributed by atoms with E-state index in [2.05, 4.69) is 16.4 Å². The van der Waals surface area contributed by atoms with E-state index < -0.39 is 0 Å². The summed E-state index contributed by atoms with van der Waals surface area (Å²) in [6, 6.07) is 28.8. The second kappa shape index (κ2) is 8.95. The second-order valence-corrected chi connectivity index (χ2v) is 8.34. The van der Waals surface area contributed by atoms with Crippen LogP contribution in [0.1, 0.15) is 15.9 Å². The molecule has 0 bridgehead atoms. The molecule has 0 saturated heterocycles. The van der Waals surface area contributed by atoms with Gasteiger partial charge < -0.3 is 10.1 Å². The number of anilines is 2. The van der Waals surface area contributed by atoms with Gasteiger partial charge in [-0.1, -0.05) is 42.5 Å². The van der Waals surface area contributed by atoms with E-state index in [1.54, 1.807) is 29.7 Å². The van der Waals surface area contributed by atoms with Crippen molar-refractivity contribution in [2.45, 2.75) is 0 Å². The van der Waals surface area contributed by atoms with Crippen LogP contribution in [0.3, 0.4) is 0 Å². The van der Waals surface area contributed by atoms with Gasteiger partial charge in [0, 0.05) is 22.3 Å². The summed E-state index contributed by atoms with van der Waals surface area (Å²) in [4.78, 5) is 16.4. The van der Waals surface area contributed by atoms with Crippen LogP contribution in [-0.4, -0.2) is 11.3 Å². The number of aromatic nitrogens is 1. The number of nitriles is 1. The number of carbonyl (C=O) groups is 1. The molecule has 5 rings (SSSR count). The van der Waals surface area contributed by atoms with E-state index in [4.69, 9.17) is 4.74 Å². The Labute approximate surface area is 194 Å². The molecule has 0 aliphatic rings. The molecule has 0 unspecified atom stereocenters. The SMILES string of the molecule is N#Cc1cnc2cc(-c3ccc(C=O)cc3)sc2c1Nc1ccc(Oc2ccccc2)cc1. The molecule has 1 N–H and O–H groups in total. The molecule has 6 heteroatoms. The number of fused-ring (bicyclic) bond motifs is 1. The number of nitrogens with one attached hydrogen (secondary N) is 1. The lowest BCUT2D eigenvalue weighted by atomic mass is 10.1. The molecule has 33 heavy (non-hydrogen) atoms. The number of hydrogen-bond donors (Lipinski definition) is 1. The monoisotopic (exact) mass is 447 g/mol. The summed E-state index contributed by atoms with van der Waals surface area (Å²) in [6.07, 6.45) is 2.41. The fraction of sp³-hybridized carbons (Fsp3) is 0. The van der Waals surface area contributed by atoms with Gasteiger partial charge in [-0.15, -0.1) is 11.3 Å². The molecule has 158 valence electrons. The third-order valence-corrected chi connectivity index (χ3v) is 6.29. The van der Waals surface area contributed by atoms with Crippen LogP contribution in [0, 0.1) is 11.3 Å². The number of thiophene rings is 1. The molecule has 0 atom stereocenters. The van der Waals surface area contributed by atoms with Crippen molar-refractivity contribution >= 4 is 39.2 Å². The molecule has 3 aromatic carbocycles. The van der Waals surface area contributed by atoms with E-state index in [0.717, 1.165) is 49.8 Å². The zero-order chi connectivity index (χ0) is 22.6. The lowest BCUT2D eigenvalue weighted by molar-refractivity contribution is 0.112. The minimum Gasteiger partial charge on any atom is -0.457 e. The highest BCUT2D eigenvalue weighted by Crippen LogP contribution is 2.39. The molecular weight excluding hydrogens is 430 g/mol. The summed E-state index contributed by atoms with van der Waals surface area (Å²) in [7, 11) is 0. The molecule has 0 aliphatic heterocycles. The lowest BCUT2D eigenvalue weighted by Gasteiger charge is -2.10. The first-order valence-electron chi connectivity index (χ1n) is 10.2. The van der Waals surface area contributed by atoms with Crippen molar-refractivity contribution in [3.8, 4) is 28.0 Å². The van der Waals surface area contributed by atoms with Crippen LogP contribution >= 0.6 is 11.3 Å². The van der Waals surface area contributed by atoms with Crippen molar-refractivity contribution in [1.82, 2.24) is 4.98 Å². The summed E-state index contributed by atoms with van der Waals surface area (Å²) >= 11 is 1.56. The largest absolute Gasteiger partial charge is 0.457 e. The van der Waals surface area contributed by atoms with Crippen molar-refractivity contribution in [3.05, 3.63) is 102 Å². The van der Waals surface area contributed by atoms with Crippen LogP contribution in [0.25, 0.3) is 20.7 Å². The normalized spacial score (nSPS) is 10.5. The quantitative estimate of drug-likeness (QED) is 0.279. The Kier molecular flexibility index (Phi) is 5.54. The van der Waals surface area contributed by atoms with E-state index in [9.17, 15) is 10.1 Å². The second-order valence-electron chi connectivity index (χ2n) is 7.29. The standard InChI is InChI=1S/C27H17N3O2S/c28-15-20-16-29-24-14-25(19-8-6-18(17-31)7-9-19)33-27(24)26(20)30-21-10-12-23(13-11-21)32-22-4-2-1-3-5-22/h1-14,16-17H,(H,29,30). The van der Waals surface area contributed by atoms with Crippen LogP contribution in [0.15, 0.2) is 91.1 Å². The first kappa shape index (κ1) is 20.4. The summed E-state index contributed by atoms with van der Waals surface area (Å²) < 4.78 is 6.75. The fourth-order valence-corrected chi connectivity index (χ4v) is 4.55. The van der Waals surface area contributed by atoms with Crippen LogP contribution in [0.5, 0.6) is 11.5 Å². The molecule has 2 aromatic heterocycles. The average Bonchev–Trinajstić information content (AvgIpc) is 3.31. The third-order valence-electron chi connectivity index (χ3n) is 5.10. The van der Waals surface area contributed by atoms with Crippen LogP contribution in [0.4, 0.5) is 11.4 Å². The Morgan fingerprint density at radius 1 is 0.939 bits per heavy atom. The zero-order valence-electron chi connectivity index (χ0n) is 17.4. The maximum absolute atomic E-state index is 10.9. The maximum Gasteiger partial charge on any atom is 0.150 e. The minimum absolute atomic E-state index is 0.469. The summed E-state index contributed by atoms with van der Waals surface area (Å²) in [5.74, 6) is 1.50. The highest BCUT2D eigenvalue weighted by molar-refractivity contribution is 7.22. The summed E-state index contributed by atoms with van der Waals surface area (Å²) in [6.45, 7) is 0. The van der Waals surface area contributed by atoms with Crippen molar-refractivity contribution in [3.63, 3.8) is 0 Å². The van der Waals surface area contributed by atoms with Gasteiger partial charge in [0.25, 0.3) is 0 Å². The van der Waals surface area contributed by atoms with Crippen LogP contribution in [0.2, 0.25) is 0 Å². The van der Waals surface area contributed by atoms with Gasteiger partial charge in [0.1, 0.15) is 23.9 Å². The van der Waals surface area contributed by atoms with Gasteiger partial charge in [-0.25, -0.2) is 0 Å². The van der Waals surface area contributed by atoms with E-state index >= 15 is 0 Å². The number of ether oxygens (including phenoxy) is 1. The number of pyridine rings is 1. The molecule has 5 nitrogen and oxygen atoms in total. The number of rotatable bonds is 6. The van der Waals surface area contributed by atoms with Gasteiger partial charge in [-0.3, -0.25) is 9.78 Å². The molecule has 0 radical (unpaired) electrons. The van der Waals surface area contributed by atoms with Crippen molar-refractivity contribution < 1.29 is 9.53 Å². The first-order valence-corrected chi connectivity index (χ1v) is 11.0. The Bertz CT molecular complexity index is 1470. The summed E-state index contributed by atoms with van der Waals surface area (Å²) in [5, 5.41) is 13.1. The molecule has 0 spiro atoms. The molecule has 5 aromatic rings. The Morgan fingerprint density at radius 2 is 1.67 bits per heavy atom. The Balaban J connectivity index is 1.46. The van der Waals surface area contributed by atoms with Gasteiger partial charge in [0.05, 0.1) is 21.5 Å². The van der Waals surface area contributed by atoms with Gasteiger partial charge in [0.2, 0.25) is 0 Å². The zero-order valence-corrected chi connectivity index (χ0v) is 18.2. The van der Waals surface area contributed by atoms with Gasteiger partial charge in [-0.05, 0) is 48.0 Å². The van der Waals surface area contributed by atoms with E-state index in [1.807, 2.05) is 72.8 Å². The predicted octanol–water partition coefficient (Wildman–Crippen LogP) is 7.18. The van der Waals surface area contributed by atoms with Gasteiger partial charge in [-0.2, -0.15) is 5.26 Å². The number of para-hydroxylation sites is 1. The smallest absolute Gasteiger partial charge is 0.150 e. The number of aldehydes is 1. The lowest BCUT2D eigenvalue weighted by Crippen LogP contribution is -1.95. The van der Waals surface area contributed by atoms with Gasteiger partial charge in [0.15, 0.2) is 0 Å². The molecule has 0 saturated carbocycles. The molecule has 0 amide bonds. The van der Waals surface area contributed by atoms with E-state index in [0.29, 0.717) is 11.1 Å². The predicted molar refractivity (Wildman–Crippen MR) is 131 cm³/mol. The highest BCUT2D eigenvalue weighted by atomic mass is 32.1. The van der Waals surface area contributed by atoms with E-state index in [1.165, 1.54) is 0 Å². The van der Waals surface area contributed by atoms with Crippen molar-refractivity contribution in [2.24, 2.45) is 0 Å². The summed E-state index contributed by atoms with van der Waals surface area (Å²) in [5.41, 5.74) is 4.46. The van der Waals surface area contributed by atoms with Crippen molar-refractivity contribution in [2.75, 3.05) is 5.32 Å². The Hall–Kier alpha value is -4.47. The van der Waals surface area contributed by atoms with Crippen LogP contribution < -0.4 is 10.1 Å². The minimum atomic E-state index is 0.469. The fourth-order valence-electron chi connectivity index (χ4n) is 3.43. The molecule has 0 aliphatic carbocycles. The van der Waals surface area contributed by atoms with Crippen molar-refractivity contribution in [1.29, 1.82) is 5.26 Å². The van der Waals surface area contributed by atoms with Gasteiger partial charge >= 0.3 is 0 Å². The average molecular weight is 448 g/mol. The number of benzene rings is 3. The number of carbonyl (C=O) groups excluding carboxylic acids is 1. The maximum atomic E-state index is 10.9. The Morgan fingerprint density at radius 3 is 2.36 bits per heavy atom.